The molecule has 2 heterocycles. The molecule has 0 bridgehead atoms. The Labute approximate surface area is 108 Å². The van der Waals surface area contributed by atoms with Crippen molar-refractivity contribution in [3.63, 3.8) is 0 Å². The van der Waals surface area contributed by atoms with E-state index < -0.39 is 12.0 Å². The lowest BCUT2D eigenvalue weighted by molar-refractivity contribution is -0.138. The molecule has 0 aliphatic rings. The topological polar surface area (TPSA) is 94.0 Å². The van der Waals surface area contributed by atoms with E-state index in [9.17, 15) is 4.79 Å². The van der Waals surface area contributed by atoms with Crippen LogP contribution in [0.4, 0.5) is 0 Å². The molecule has 2 rings (SSSR count). The zero-order chi connectivity index (χ0) is 13.3. The molecule has 0 aliphatic carbocycles. The lowest BCUT2D eigenvalue weighted by Crippen LogP contribution is -2.20. The minimum Gasteiger partial charge on any atom is -0.480 e. The summed E-state index contributed by atoms with van der Waals surface area (Å²) in [6, 6.07) is -1.07. The number of carboxylic acid groups (broad SMARTS) is 1. The highest BCUT2D eigenvalue weighted by Crippen LogP contribution is 2.28. The quantitative estimate of drug-likeness (QED) is 0.867. The first kappa shape index (κ1) is 12.7. The molecule has 6 nitrogen and oxygen atoms in total. The van der Waals surface area contributed by atoms with Crippen LogP contribution in [-0.2, 0) is 18.3 Å². The third-order valence-electron chi connectivity index (χ3n) is 2.58. The zero-order valence-corrected chi connectivity index (χ0v) is 10.9. The van der Waals surface area contributed by atoms with Crippen molar-refractivity contribution in [3.05, 3.63) is 23.0 Å². The number of hydrogen-bond donors (Lipinski definition) is 2. The number of rotatable bonds is 4. The third kappa shape index (κ3) is 2.27. The van der Waals surface area contributed by atoms with Crippen molar-refractivity contribution >= 4 is 17.3 Å². The Hall–Kier alpha value is -1.73. The van der Waals surface area contributed by atoms with Gasteiger partial charge in [0.1, 0.15) is 11.0 Å². The maximum Gasteiger partial charge on any atom is 0.326 e. The van der Waals surface area contributed by atoms with Crippen LogP contribution in [0.5, 0.6) is 0 Å². The second-order valence-corrected chi connectivity index (χ2v) is 4.77. The number of nitrogens with zero attached hydrogens (tertiary/aromatic N) is 3. The molecule has 96 valence electrons. The van der Waals surface area contributed by atoms with E-state index in [2.05, 4.69) is 10.1 Å². The number of nitrogens with two attached hydrogens (primary N) is 1. The molecular weight excluding hydrogens is 252 g/mol. The van der Waals surface area contributed by atoms with E-state index >= 15 is 0 Å². The molecule has 0 aromatic carbocycles. The summed E-state index contributed by atoms with van der Waals surface area (Å²) in [5.41, 5.74) is 7.80. The molecule has 3 N–H and O–H groups in total. The van der Waals surface area contributed by atoms with E-state index in [-0.39, 0.29) is 0 Å². The number of carbonyl (C=O) groups is 1. The lowest BCUT2D eigenvalue weighted by atomic mass is 10.2. The van der Waals surface area contributed by atoms with Crippen molar-refractivity contribution in [3.8, 4) is 10.6 Å². The maximum absolute atomic E-state index is 10.8. The molecule has 0 fully saturated rings. The van der Waals surface area contributed by atoms with Crippen LogP contribution < -0.4 is 5.73 Å². The summed E-state index contributed by atoms with van der Waals surface area (Å²) < 4.78 is 1.73. The van der Waals surface area contributed by atoms with Crippen molar-refractivity contribution in [2.24, 2.45) is 12.8 Å². The van der Waals surface area contributed by atoms with Gasteiger partial charge in [-0.05, 0) is 6.42 Å². The number of hydrogen-bond acceptors (Lipinski definition) is 5. The molecule has 0 saturated heterocycles. The fourth-order valence-corrected chi connectivity index (χ4v) is 2.54. The Morgan fingerprint density at radius 1 is 1.67 bits per heavy atom. The van der Waals surface area contributed by atoms with Gasteiger partial charge in [0.25, 0.3) is 0 Å². The Morgan fingerprint density at radius 3 is 3.00 bits per heavy atom. The van der Waals surface area contributed by atoms with E-state index in [1.54, 1.807) is 10.1 Å². The van der Waals surface area contributed by atoms with E-state index in [1.165, 1.54) is 11.3 Å². The van der Waals surface area contributed by atoms with Crippen LogP contribution >= 0.6 is 11.3 Å². The fraction of sp³-hybridized carbons (Fsp3) is 0.364. The van der Waals surface area contributed by atoms with E-state index in [1.807, 2.05) is 20.2 Å². The van der Waals surface area contributed by atoms with Crippen LogP contribution in [-0.4, -0.2) is 25.8 Å². The normalized spacial score (nSPS) is 12.6. The minimum absolute atomic E-state index is 0.383. The smallest absolute Gasteiger partial charge is 0.326 e. The minimum atomic E-state index is -1.08. The van der Waals surface area contributed by atoms with Gasteiger partial charge in [-0.3, -0.25) is 9.48 Å². The average molecular weight is 266 g/mol. The molecule has 0 radical (unpaired) electrons. The molecule has 2 aromatic rings. The predicted octanol–water partition coefficient (Wildman–Crippen LogP) is 1.19. The molecule has 2 aromatic heterocycles. The van der Waals surface area contributed by atoms with Gasteiger partial charge in [0.15, 0.2) is 0 Å². The standard InChI is InChI=1S/C11H14N4O2S/c1-3-7-6(4-15(2)14-7)10-13-8(5-18-10)9(12)11(16)17/h4-5,9H,3,12H2,1-2H3,(H,16,17). The van der Waals surface area contributed by atoms with Crippen LogP contribution in [0, 0.1) is 0 Å². The molecule has 0 aliphatic heterocycles. The van der Waals surface area contributed by atoms with E-state index in [0.29, 0.717) is 5.69 Å². The zero-order valence-electron chi connectivity index (χ0n) is 10.1. The summed E-state index contributed by atoms with van der Waals surface area (Å²) in [7, 11) is 1.85. The van der Waals surface area contributed by atoms with Gasteiger partial charge in [0.05, 0.1) is 17.0 Å². The van der Waals surface area contributed by atoms with Crippen molar-refractivity contribution in [1.82, 2.24) is 14.8 Å². The van der Waals surface area contributed by atoms with Gasteiger partial charge in [-0.25, -0.2) is 4.98 Å². The van der Waals surface area contributed by atoms with E-state index in [4.69, 9.17) is 10.8 Å². The molecule has 0 amide bonds. The molecule has 0 saturated carbocycles. The van der Waals surface area contributed by atoms with Gasteiger partial charge in [-0.15, -0.1) is 11.3 Å². The summed E-state index contributed by atoms with van der Waals surface area (Å²) >= 11 is 1.38. The molecular formula is C11H14N4O2S. The van der Waals surface area contributed by atoms with Crippen molar-refractivity contribution in [2.45, 2.75) is 19.4 Å². The van der Waals surface area contributed by atoms with Gasteiger partial charge in [-0.1, -0.05) is 6.92 Å². The Kier molecular flexibility index (Phi) is 3.44. The summed E-state index contributed by atoms with van der Waals surface area (Å²) in [6.45, 7) is 2.02. The van der Waals surface area contributed by atoms with Gasteiger partial charge in [0.2, 0.25) is 0 Å². The number of aromatic nitrogens is 3. The first-order valence-electron chi connectivity index (χ1n) is 5.49. The van der Waals surface area contributed by atoms with Crippen LogP contribution in [0.3, 0.4) is 0 Å². The Morgan fingerprint density at radius 2 is 2.39 bits per heavy atom. The molecule has 7 heteroatoms. The second kappa shape index (κ2) is 4.87. The third-order valence-corrected chi connectivity index (χ3v) is 3.47. The van der Waals surface area contributed by atoms with Gasteiger partial charge in [-0.2, -0.15) is 5.10 Å². The summed E-state index contributed by atoms with van der Waals surface area (Å²) in [5, 5.41) is 15.6. The molecule has 1 atom stereocenters. The van der Waals surface area contributed by atoms with Gasteiger partial charge >= 0.3 is 5.97 Å². The monoisotopic (exact) mass is 266 g/mol. The second-order valence-electron chi connectivity index (χ2n) is 3.91. The largest absolute Gasteiger partial charge is 0.480 e. The average Bonchev–Trinajstić information content (AvgIpc) is 2.93. The van der Waals surface area contributed by atoms with Crippen LogP contribution in [0.2, 0.25) is 0 Å². The Bertz CT molecular complexity index is 575. The van der Waals surface area contributed by atoms with Crippen molar-refractivity contribution in [1.29, 1.82) is 0 Å². The summed E-state index contributed by atoms with van der Waals surface area (Å²) in [6.07, 6.45) is 2.68. The van der Waals surface area contributed by atoms with Gasteiger partial charge in [0, 0.05) is 18.6 Å². The van der Waals surface area contributed by atoms with Crippen molar-refractivity contribution < 1.29 is 9.90 Å². The van der Waals surface area contributed by atoms with Crippen molar-refractivity contribution in [2.75, 3.05) is 0 Å². The van der Waals surface area contributed by atoms with Crippen LogP contribution in [0.1, 0.15) is 24.4 Å². The fourth-order valence-electron chi connectivity index (χ4n) is 1.65. The summed E-state index contributed by atoms with van der Waals surface area (Å²) in [4.78, 5) is 15.1. The highest BCUT2D eigenvalue weighted by Gasteiger charge is 2.19. The van der Waals surface area contributed by atoms with Crippen LogP contribution in [0.25, 0.3) is 10.6 Å². The predicted molar refractivity (Wildman–Crippen MR) is 68.3 cm³/mol. The highest BCUT2D eigenvalue weighted by atomic mass is 32.1. The Balaban J connectivity index is 2.37. The number of aryl methyl sites for hydroxylation is 2. The first-order chi connectivity index (χ1) is 8.52. The number of aliphatic carboxylic acids is 1. The lowest BCUT2D eigenvalue weighted by Gasteiger charge is -2.00. The molecule has 0 spiro atoms. The molecule has 1 unspecified atom stereocenters. The highest BCUT2D eigenvalue weighted by molar-refractivity contribution is 7.13. The summed E-state index contributed by atoms with van der Waals surface area (Å²) in [5.74, 6) is -1.08. The number of thiazole rings is 1. The number of carboxylic acids is 1. The van der Waals surface area contributed by atoms with E-state index in [0.717, 1.165) is 22.7 Å². The molecule has 18 heavy (non-hydrogen) atoms. The van der Waals surface area contributed by atoms with Gasteiger partial charge < -0.3 is 10.8 Å². The first-order valence-corrected chi connectivity index (χ1v) is 6.37. The van der Waals surface area contributed by atoms with Crippen LogP contribution in [0.15, 0.2) is 11.6 Å². The SMILES string of the molecule is CCc1nn(C)cc1-c1nc(C(N)C(=O)O)cs1. The maximum atomic E-state index is 10.8.